The quantitative estimate of drug-likeness (QED) is 0.785. The molecule has 0 bridgehead atoms. The molecule has 9 heteroatoms. The number of nitriles is 1. The number of aryl methyl sites for hydroxylation is 2. The molecule has 9 nitrogen and oxygen atoms in total. The van der Waals surface area contributed by atoms with Crippen molar-refractivity contribution in [3.8, 4) is 6.07 Å². The molecule has 2 aromatic rings. The van der Waals surface area contributed by atoms with Gasteiger partial charge in [-0.1, -0.05) is 0 Å². The van der Waals surface area contributed by atoms with Crippen LogP contribution in [0.25, 0.3) is 0 Å². The van der Waals surface area contributed by atoms with Crippen LogP contribution in [0.1, 0.15) is 28.7 Å². The Bertz CT molecular complexity index is 760. The third-order valence-electron chi connectivity index (χ3n) is 4.14. The maximum absolute atomic E-state index is 9.20. The van der Waals surface area contributed by atoms with Crippen LogP contribution in [0.4, 0.5) is 5.82 Å². The molecule has 0 aliphatic carbocycles. The van der Waals surface area contributed by atoms with Crippen LogP contribution in [0.3, 0.4) is 0 Å². The minimum Gasteiger partial charge on any atom is -0.383 e. The molecule has 0 aromatic carbocycles. The summed E-state index contributed by atoms with van der Waals surface area (Å²) in [5.41, 5.74) is 2.30. The molecule has 132 valence electrons. The van der Waals surface area contributed by atoms with E-state index in [0.29, 0.717) is 37.7 Å². The van der Waals surface area contributed by atoms with E-state index in [2.05, 4.69) is 31.4 Å². The normalized spacial score (nSPS) is 17.5. The highest BCUT2D eigenvalue weighted by molar-refractivity contribution is 5.50. The van der Waals surface area contributed by atoms with Crippen molar-refractivity contribution in [2.45, 2.75) is 26.5 Å². The molecule has 1 unspecified atom stereocenters. The van der Waals surface area contributed by atoms with Gasteiger partial charge in [-0.25, -0.2) is 4.98 Å². The molecule has 3 heterocycles. The van der Waals surface area contributed by atoms with Gasteiger partial charge in [0.25, 0.3) is 0 Å². The van der Waals surface area contributed by atoms with Gasteiger partial charge in [0.2, 0.25) is 5.82 Å². The molecule has 25 heavy (non-hydrogen) atoms. The summed E-state index contributed by atoms with van der Waals surface area (Å²) in [5.74, 6) is 1.40. The van der Waals surface area contributed by atoms with Crippen LogP contribution in [0.5, 0.6) is 0 Å². The molecular formula is C16H21N7O2. The predicted octanol–water partition coefficient (Wildman–Crippen LogP) is 0.781. The van der Waals surface area contributed by atoms with Gasteiger partial charge in [-0.2, -0.15) is 10.1 Å². The van der Waals surface area contributed by atoms with Crippen molar-refractivity contribution >= 4 is 5.82 Å². The smallest absolute Gasteiger partial charge is 0.205 e. The van der Waals surface area contributed by atoms with E-state index in [1.807, 2.05) is 19.9 Å². The fourth-order valence-corrected chi connectivity index (χ4v) is 2.81. The number of morpholine rings is 1. The van der Waals surface area contributed by atoms with Gasteiger partial charge >= 0.3 is 0 Å². The molecule has 1 aliphatic heterocycles. The summed E-state index contributed by atoms with van der Waals surface area (Å²) in [5, 5.41) is 21.7. The maximum Gasteiger partial charge on any atom is 0.205 e. The Hall–Kier alpha value is -2.57. The fourth-order valence-electron chi connectivity index (χ4n) is 2.81. The number of hydrogen-bond donors (Lipinski definition) is 0. The Kier molecular flexibility index (Phi) is 5.21. The number of anilines is 1. The van der Waals surface area contributed by atoms with Gasteiger partial charge in [0.1, 0.15) is 18.0 Å². The fraction of sp³-hybridized carbons (Fsp3) is 0.562. The summed E-state index contributed by atoms with van der Waals surface area (Å²) in [6.45, 7) is 6.74. The van der Waals surface area contributed by atoms with E-state index in [4.69, 9.17) is 9.47 Å². The Morgan fingerprint density at radius 1 is 1.44 bits per heavy atom. The van der Waals surface area contributed by atoms with Gasteiger partial charge in [0.15, 0.2) is 0 Å². The molecule has 1 saturated heterocycles. The predicted molar refractivity (Wildman–Crippen MR) is 89.0 cm³/mol. The van der Waals surface area contributed by atoms with Crippen molar-refractivity contribution in [2.75, 3.05) is 38.3 Å². The third-order valence-corrected chi connectivity index (χ3v) is 4.14. The molecule has 0 radical (unpaired) electrons. The second kappa shape index (κ2) is 7.55. The first-order chi connectivity index (χ1) is 12.1. The summed E-state index contributed by atoms with van der Waals surface area (Å²) in [4.78, 5) is 8.21. The highest BCUT2D eigenvalue weighted by Gasteiger charge is 2.27. The van der Waals surface area contributed by atoms with Gasteiger partial charge in [0, 0.05) is 13.7 Å². The lowest BCUT2D eigenvalue weighted by molar-refractivity contribution is 0.0334. The van der Waals surface area contributed by atoms with E-state index in [1.165, 1.54) is 4.80 Å². The van der Waals surface area contributed by atoms with E-state index < -0.39 is 0 Å². The molecule has 3 rings (SSSR count). The van der Waals surface area contributed by atoms with Crippen LogP contribution < -0.4 is 4.90 Å². The number of tetrazole rings is 1. The molecule has 0 saturated carbocycles. The van der Waals surface area contributed by atoms with Crippen LogP contribution >= 0.6 is 0 Å². The maximum atomic E-state index is 9.20. The molecule has 1 aliphatic rings. The molecule has 0 spiro atoms. The van der Waals surface area contributed by atoms with Crippen LogP contribution in [-0.2, 0) is 16.0 Å². The minimum absolute atomic E-state index is 0.261. The Morgan fingerprint density at radius 3 is 3.00 bits per heavy atom. The van der Waals surface area contributed by atoms with E-state index in [1.54, 1.807) is 7.11 Å². The van der Waals surface area contributed by atoms with Gasteiger partial charge < -0.3 is 14.4 Å². The summed E-state index contributed by atoms with van der Waals surface area (Å²) in [7, 11) is 1.63. The van der Waals surface area contributed by atoms with E-state index in [-0.39, 0.29) is 6.10 Å². The molecule has 2 aromatic heterocycles. The van der Waals surface area contributed by atoms with Crippen molar-refractivity contribution in [2.24, 2.45) is 0 Å². The molecule has 0 amide bonds. The Balaban J connectivity index is 1.75. The van der Waals surface area contributed by atoms with Gasteiger partial charge in [0.05, 0.1) is 37.6 Å². The lowest BCUT2D eigenvalue weighted by Crippen LogP contribution is -2.39. The lowest BCUT2D eigenvalue weighted by Gasteiger charge is -2.32. The Morgan fingerprint density at radius 2 is 2.28 bits per heavy atom. The number of ether oxygens (including phenoxy) is 2. The lowest BCUT2D eigenvalue weighted by atomic mass is 10.1. The van der Waals surface area contributed by atoms with E-state index >= 15 is 0 Å². The molecule has 1 atom stereocenters. The number of methoxy groups -OCH3 is 1. The Labute approximate surface area is 146 Å². The molecule has 0 N–H and O–H groups in total. The number of aromatic nitrogens is 5. The second-order valence-electron chi connectivity index (χ2n) is 5.91. The van der Waals surface area contributed by atoms with Crippen molar-refractivity contribution in [1.29, 1.82) is 5.26 Å². The zero-order valence-electron chi connectivity index (χ0n) is 14.6. The number of pyridine rings is 1. The first-order valence-electron chi connectivity index (χ1n) is 8.14. The monoisotopic (exact) mass is 343 g/mol. The molecule has 1 fully saturated rings. The average molecular weight is 343 g/mol. The van der Waals surface area contributed by atoms with Gasteiger partial charge in [-0.15, -0.1) is 10.2 Å². The second-order valence-corrected chi connectivity index (χ2v) is 5.91. The largest absolute Gasteiger partial charge is 0.383 e. The summed E-state index contributed by atoms with van der Waals surface area (Å²) in [6, 6.07) is 4.14. The highest BCUT2D eigenvalue weighted by atomic mass is 16.5. The van der Waals surface area contributed by atoms with Crippen molar-refractivity contribution in [1.82, 2.24) is 25.2 Å². The van der Waals surface area contributed by atoms with Gasteiger partial charge in [-0.05, 0) is 30.7 Å². The first-order valence-corrected chi connectivity index (χ1v) is 8.14. The standard InChI is InChI=1S/C16H21N7O2/c1-11-8-15(18-12(2)13(11)9-17)22-4-7-25-14(10-22)16-19-21-23(20-16)5-6-24-3/h8,14H,4-7,10H2,1-3H3. The van der Waals surface area contributed by atoms with Crippen LogP contribution in [0.15, 0.2) is 6.07 Å². The SMILES string of the molecule is COCCn1nnc(C2CN(c3cc(C)c(C#N)c(C)n3)CCO2)n1. The highest BCUT2D eigenvalue weighted by Crippen LogP contribution is 2.25. The van der Waals surface area contributed by atoms with E-state index in [0.717, 1.165) is 23.6 Å². The molecular weight excluding hydrogens is 322 g/mol. The topological polar surface area (TPSA) is 102 Å². The third kappa shape index (κ3) is 3.75. The van der Waals surface area contributed by atoms with Crippen LogP contribution in [0, 0.1) is 25.2 Å². The average Bonchev–Trinajstić information content (AvgIpc) is 3.09. The van der Waals surface area contributed by atoms with Crippen molar-refractivity contribution < 1.29 is 9.47 Å². The van der Waals surface area contributed by atoms with Crippen molar-refractivity contribution in [3.05, 3.63) is 28.7 Å². The summed E-state index contributed by atoms with van der Waals surface area (Å²) >= 11 is 0. The zero-order valence-corrected chi connectivity index (χ0v) is 14.6. The van der Waals surface area contributed by atoms with Crippen molar-refractivity contribution in [3.63, 3.8) is 0 Å². The van der Waals surface area contributed by atoms with Crippen LogP contribution in [-0.4, -0.2) is 58.6 Å². The number of hydrogen-bond acceptors (Lipinski definition) is 8. The number of nitrogens with zero attached hydrogens (tertiary/aromatic N) is 7. The first kappa shape index (κ1) is 17.3. The minimum atomic E-state index is -0.261. The zero-order chi connectivity index (χ0) is 17.8. The van der Waals surface area contributed by atoms with Crippen LogP contribution in [0.2, 0.25) is 0 Å². The summed E-state index contributed by atoms with van der Waals surface area (Å²) < 4.78 is 10.8. The summed E-state index contributed by atoms with van der Waals surface area (Å²) in [6.07, 6.45) is -0.261. The van der Waals surface area contributed by atoms with Gasteiger partial charge in [-0.3, -0.25) is 0 Å². The van der Waals surface area contributed by atoms with E-state index in [9.17, 15) is 5.26 Å². The number of rotatable bonds is 5.